The SMILES string of the molecule is CCOc1ccc(C(=O)N/N=C(\CCC(=O)O)c2ccccc2)cc1. The molecule has 0 heterocycles. The van der Waals surface area contributed by atoms with Gasteiger partial charge in [-0.25, -0.2) is 5.43 Å². The van der Waals surface area contributed by atoms with Gasteiger partial charge in [-0.2, -0.15) is 5.10 Å². The highest BCUT2D eigenvalue weighted by atomic mass is 16.5. The van der Waals surface area contributed by atoms with Crippen LogP contribution in [0.5, 0.6) is 5.75 Å². The first-order valence-corrected chi connectivity index (χ1v) is 7.97. The maximum absolute atomic E-state index is 12.2. The monoisotopic (exact) mass is 340 g/mol. The molecular weight excluding hydrogens is 320 g/mol. The minimum Gasteiger partial charge on any atom is -0.494 e. The van der Waals surface area contributed by atoms with Crippen LogP contribution in [0.1, 0.15) is 35.7 Å². The van der Waals surface area contributed by atoms with Gasteiger partial charge in [0.05, 0.1) is 18.7 Å². The van der Waals surface area contributed by atoms with E-state index in [1.807, 2.05) is 37.3 Å². The number of hydrogen-bond acceptors (Lipinski definition) is 4. The second kappa shape index (κ2) is 9.22. The molecule has 6 heteroatoms. The van der Waals surface area contributed by atoms with Crippen LogP contribution in [-0.2, 0) is 4.79 Å². The van der Waals surface area contributed by atoms with Crippen molar-refractivity contribution in [1.82, 2.24) is 5.43 Å². The van der Waals surface area contributed by atoms with E-state index in [4.69, 9.17) is 9.84 Å². The van der Waals surface area contributed by atoms with Crippen molar-refractivity contribution >= 4 is 17.6 Å². The van der Waals surface area contributed by atoms with Gasteiger partial charge in [-0.05, 0) is 36.8 Å². The smallest absolute Gasteiger partial charge is 0.303 e. The number of aliphatic carboxylic acids is 1. The zero-order valence-corrected chi connectivity index (χ0v) is 13.9. The van der Waals surface area contributed by atoms with Gasteiger partial charge in [-0.15, -0.1) is 0 Å². The Hall–Kier alpha value is -3.15. The fraction of sp³-hybridized carbons (Fsp3) is 0.211. The predicted octanol–water partition coefficient (Wildman–Crippen LogP) is 3.08. The van der Waals surface area contributed by atoms with E-state index in [0.29, 0.717) is 23.6 Å². The van der Waals surface area contributed by atoms with Crippen molar-refractivity contribution in [1.29, 1.82) is 0 Å². The Balaban J connectivity index is 2.10. The third kappa shape index (κ3) is 5.76. The fourth-order valence-electron chi connectivity index (χ4n) is 2.17. The van der Waals surface area contributed by atoms with Crippen molar-refractivity contribution in [3.05, 3.63) is 65.7 Å². The van der Waals surface area contributed by atoms with Gasteiger partial charge < -0.3 is 9.84 Å². The van der Waals surface area contributed by atoms with Crippen LogP contribution in [0, 0.1) is 0 Å². The van der Waals surface area contributed by atoms with E-state index in [-0.39, 0.29) is 18.7 Å². The van der Waals surface area contributed by atoms with E-state index >= 15 is 0 Å². The van der Waals surface area contributed by atoms with Gasteiger partial charge >= 0.3 is 5.97 Å². The maximum Gasteiger partial charge on any atom is 0.303 e. The average Bonchev–Trinajstić information content (AvgIpc) is 2.63. The van der Waals surface area contributed by atoms with Crippen molar-refractivity contribution in [2.45, 2.75) is 19.8 Å². The Labute approximate surface area is 146 Å². The molecule has 0 radical (unpaired) electrons. The summed E-state index contributed by atoms with van der Waals surface area (Å²) < 4.78 is 5.34. The molecule has 130 valence electrons. The largest absolute Gasteiger partial charge is 0.494 e. The molecule has 0 aliphatic heterocycles. The molecule has 2 N–H and O–H groups in total. The molecule has 0 aliphatic rings. The van der Waals surface area contributed by atoms with Crippen LogP contribution in [0.2, 0.25) is 0 Å². The van der Waals surface area contributed by atoms with Crippen LogP contribution in [0.25, 0.3) is 0 Å². The Morgan fingerprint density at radius 3 is 2.28 bits per heavy atom. The molecule has 2 aromatic carbocycles. The van der Waals surface area contributed by atoms with Crippen molar-refractivity contribution in [2.24, 2.45) is 5.10 Å². The first kappa shape index (κ1) is 18.2. The molecule has 1 amide bonds. The van der Waals surface area contributed by atoms with Gasteiger partial charge in [0, 0.05) is 12.0 Å². The quantitative estimate of drug-likeness (QED) is 0.571. The molecule has 0 atom stereocenters. The standard InChI is InChI=1S/C19H20N2O4/c1-2-25-16-10-8-15(9-11-16)19(24)21-20-17(12-13-18(22)23)14-6-4-3-5-7-14/h3-11H,2,12-13H2,1H3,(H,21,24)(H,22,23)/b20-17+. The number of benzene rings is 2. The molecule has 0 bridgehead atoms. The van der Waals surface area contributed by atoms with Crippen LogP contribution in [0.15, 0.2) is 59.7 Å². The molecule has 2 rings (SSSR count). The number of carboxylic acid groups (broad SMARTS) is 1. The van der Waals surface area contributed by atoms with Gasteiger partial charge in [0.2, 0.25) is 0 Å². The van der Waals surface area contributed by atoms with Crippen molar-refractivity contribution in [3.63, 3.8) is 0 Å². The number of carbonyl (C=O) groups excluding carboxylic acids is 1. The van der Waals surface area contributed by atoms with Gasteiger partial charge in [0.15, 0.2) is 0 Å². The zero-order chi connectivity index (χ0) is 18.1. The minimum atomic E-state index is -0.915. The van der Waals surface area contributed by atoms with Crippen molar-refractivity contribution in [2.75, 3.05) is 6.61 Å². The highest BCUT2D eigenvalue weighted by molar-refractivity contribution is 6.03. The normalized spacial score (nSPS) is 11.0. The second-order valence-electron chi connectivity index (χ2n) is 5.22. The average molecular weight is 340 g/mol. The molecule has 0 saturated carbocycles. The lowest BCUT2D eigenvalue weighted by atomic mass is 10.1. The second-order valence-corrected chi connectivity index (χ2v) is 5.22. The molecule has 0 aromatic heterocycles. The Kier molecular flexibility index (Phi) is 6.71. The highest BCUT2D eigenvalue weighted by Crippen LogP contribution is 2.12. The van der Waals surface area contributed by atoms with Crippen LogP contribution in [0.3, 0.4) is 0 Å². The summed E-state index contributed by atoms with van der Waals surface area (Å²) in [6.07, 6.45) is 0.162. The summed E-state index contributed by atoms with van der Waals surface area (Å²) in [6, 6.07) is 15.9. The zero-order valence-electron chi connectivity index (χ0n) is 13.9. The van der Waals surface area contributed by atoms with Gasteiger partial charge in [-0.1, -0.05) is 30.3 Å². The minimum absolute atomic E-state index is 0.0628. The number of hydrogen-bond donors (Lipinski definition) is 2. The lowest BCUT2D eigenvalue weighted by Crippen LogP contribution is -2.20. The van der Waals surface area contributed by atoms with Crippen LogP contribution in [-0.4, -0.2) is 29.3 Å². The van der Waals surface area contributed by atoms with E-state index in [1.54, 1.807) is 24.3 Å². The van der Waals surface area contributed by atoms with E-state index in [0.717, 1.165) is 5.56 Å². The summed E-state index contributed by atoms with van der Waals surface area (Å²) >= 11 is 0. The molecule has 0 aliphatic carbocycles. The summed E-state index contributed by atoms with van der Waals surface area (Å²) in [4.78, 5) is 23.0. The first-order chi connectivity index (χ1) is 12.1. The number of nitrogens with zero attached hydrogens (tertiary/aromatic N) is 1. The van der Waals surface area contributed by atoms with Gasteiger partial charge in [-0.3, -0.25) is 9.59 Å². The fourth-order valence-corrected chi connectivity index (χ4v) is 2.17. The maximum atomic E-state index is 12.2. The van der Waals surface area contributed by atoms with Crippen LogP contribution < -0.4 is 10.2 Å². The number of nitrogens with one attached hydrogen (secondary N) is 1. The molecule has 0 spiro atoms. The third-order valence-electron chi connectivity index (χ3n) is 3.40. The Morgan fingerprint density at radius 2 is 1.68 bits per heavy atom. The van der Waals surface area contributed by atoms with E-state index in [2.05, 4.69) is 10.5 Å². The number of carboxylic acids is 1. The number of amides is 1. The van der Waals surface area contributed by atoms with Crippen molar-refractivity contribution < 1.29 is 19.4 Å². The number of rotatable bonds is 8. The van der Waals surface area contributed by atoms with E-state index in [1.165, 1.54) is 0 Å². The highest BCUT2D eigenvalue weighted by Gasteiger charge is 2.09. The topological polar surface area (TPSA) is 88.0 Å². The molecule has 0 saturated heterocycles. The van der Waals surface area contributed by atoms with Crippen LogP contribution in [0.4, 0.5) is 0 Å². The number of hydrazone groups is 1. The summed E-state index contributed by atoms with van der Waals surface area (Å²) in [6.45, 7) is 2.44. The van der Waals surface area contributed by atoms with Crippen molar-refractivity contribution in [3.8, 4) is 5.75 Å². The molecule has 6 nitrogen and oxygen atoms in total. The lowest BCUT2D eigenvalue weighted by Gasteiger charge is -2.07. The summed E-state index contributed by atoms with van der Waals surface area (Å²) in [7, 11) is 0. The van der Waals surface area contributed by atoms with Gasteiger partial charge in [0.1, 0.15) is 5.75 Å². The molecule has 0 fully saturated rings. The summed E-state index contributed by atoms with van der Waals surface area (Å²) in [5, 5.41) is 13.0. The van der Waals surface area contributed by atoms with E-state index in [9.17, 15) is 9.59 Å². The number of carbonyl (C=O) groups is 2. The summed E-state index contributed by atoms with van der Waals surface area (Å²) in [5.74, 6) is -0.595. The van der Waals surface area contributed by atoms with Gasteiger partial charge in [0.25, 0.3) is 5.91 Å². The molecule has 25 heavy (non-hydrogen) atoms. The lowest BCUT2D eigenvalue weighted by molar-refractivity contribution is -0.136. The number of ether oxygens (including phenoxy) is 1. The third-order valence-corrected chi connectivity index (χ3v) is 3.40. The van der Waals surface area contributed by atoms with E-state index < -0.39 is 5.97 Å². The molecular formula is C19H20N2O4. The Bertz CT molecular complexity index is 740. The Morgan fingerprint density at radius 1 is 1.00 bits per heavy atom. The predicted molar refractivity (Wildman–Crippen MR) is 94.9 cm³/mol. The van der Waals surface area contributed by atoms with Crippen LogP contribution >= 0.6 is 0 Å². The summed E-state index contributed by atoms with van der Waals surface area (Å²) in [5.41, 5.74) is 4.22. The molecule has 0 unspecified atom stereocenters. The first-order valence-electron chi connectivity index (χ1n) is 7.97. The molecule has 2 aromatic rings.